The Morgan fingerprint density at radius 1 is 0.880 bits per heavy atom. The average molecular weight is 437 g/mol. The Bertz CT molecular complexity index is 959. The van der Waals surface area contributed by atoms with Gasteiger partial charge < -0.3 is 0 Å². The van der Waals surface area contributed by atoms with E-state index in [2.05, 4.69) is 111 Å². The van der Waals surface area contributed by atoms with Crippen LogP contribution in [0.25, 0.3) is 0 Å². The molecule has 0 amide bonds. The van der Waals surface area contributed by atoms with Crippen LogP contribution >= 0.6 is 22.6 Å². The fraction of sp³-hybridized carbons (Fsp3) is 0.227. The number of allylic oxidation sites excluding steroid dienone is 2. The van der Waals surface area contributed by atoms with Crippen LogP contribution in [0.2, 0.25) is 0 Å². The lowest BCUT2D eigenvalue weighted by Crippen LogP contribution is -2.39. The summed E-state index contributed by atoms with van der Waals surface area (Å²) in [5, 5.41) is 0. The zero-order valence-electron chi connectivity index (χ0n) is 13.7. The summed E-state index contributed by atoms with van der Waals surface area (Å²) >= 11 is 2.66. The lowest BCUT2D eigenvalue weighted by Gasteiger charge is -2.21. The number of hydrogen-bond donors (Lipinski definition) is 0. The van der Waals surface area contributed by atoms with Crippen LogP contribution in [-0.2, 0) is 0 Å². The van der Waals surface area contributed by atoms with Crippen LogP contribution in [-0.4, -0.2) is 32.5 Å². The highest BCUT2D eigenvalue weighted by Crippen LogP contribution is 2.55. The van der Waals surface area contributed by atoms with E-state index in [1.807, 2.05) is 0 Å². The molecule has 5 atom stereocenters. The molecule has 0 N–H and O–H groups in total. The molecule has 2 aliphatic carbocycles. The molecule has 6 rings (SSSR count). The lowest BCUT2D eigenvalue weighted by molar-refractivity contribution is -0.561. The van der Waals surface area contributed by atoms with Crippen molar-refractivity contribution in [3.63, 3.8) is 0 Å². The number of fused-ring (bicyclic) bond motifs is 7. The van der Waals surface area contributed by atoms with Crippen LogP contribution < -0.4 is 4.90 Å². The monoisotopic (exact) mass is 437 g/mol. The molecule has 25 heavy (non-hydrogen) atoms. The summed E-state index contributed by atoms with van der Waals surface area (Å²) in [6.07, 6.45) is 9.17. The summed E-state index contributed by atoms with van der Waals surface area (Å²) in [5.41, 5.74) is 4.24. The predicted octanol–water partition coefficient (Wildman–Crippen LogP) is 4.11. The van der Waals surface area contributed by atoms with Gasteiger partial charge in [-0.05, 0) is 35.9 Å². The molecule has 4 aliphatic rings. The minimum absolute atomic E-state index is 0.374. The normalized spacial score (nSPS) is 33.6. The van der Waals surface area contributed by atoms with Crippen molar-refractivity contribution >= 4 is 34.1 Å². The van der Waals surface area contributed by atoms with E-state index in [1.165, 1.54) is 22.6 Å². The zero-order valence-corrected chi connectivity index (χ0v) is 15.8. The topological polar surface area (TPSA) is 6.25 Å². The van der Waals surface area contributed by atoms with Crippen molar-refractivity contribution in [3.8, 4) is 0 Å². The third-order valence-electron chi connectivity index (χ3n) is 5.98. The van der Waals surface area contributed by atoms with Crippen molar-refractivity contribution in [1.29, 1.82) is 0 Å². The average Bonchev–Trinajstić information content (AvgIpc) is 3.22. The minimum Gasteiger partial charge on any atom is -0.246 e. The first-order valence-electron chi connectivity index (χ1n) is 8.94. The van der Waals surface area contributed by atoms with Crippen molar-refractivity contribution in [2.24, 2.45) is 0 Å². The number of halogens is 1. The Kier molecular flexibility index (Phi) is 2.90. The third kappa shape index (κ3) is 1.82. The predicted molar refractivity (Wildman–Crippen MR) is 110 cm³/mol. The summed E-state index contributed by atoms with van der Waals surface area (Å²) in [4.78, 5) is 2.56. The molecule has 0 spiro atoms. The molecule has 0 radical (unpaired) electrons. The van der Waals surface area contributed by atoms with Crippen LogP contribution in [0.5, 0.6) is 0 Å². The molecule has 2 nitrogen and oxygen atoms in total. The van der Waals surface area contributed by atoms with Crippen LogP contribution in [0.15, 0.2) is 78.9 Å². The number of nitrogens with zero attached hydrogens (tertiary/aromatic N) is 2. The fourth-order valence-corrected chi connectivity index (χ4v) is 6.28. The highest BCUT2D eigenvalue weighted by molar-refractivity contribution is 14.1. The Morgan fingerprint density at radius 3 is 2.52 bits per heavy atom. The summed E-state index contributed by atoms with van der Waals surface area (Å²) < 4.78 is 3.41. The second-order valence-corrected chi connectivity index (χ2v) is 8.67. The first-order valence-corrected chi connectivity index (χ1v) is 10.2. The molecule has 122 valence electrons. The maximum absolute atomic E-state index is 2.71. The van der Waals surface area contributed by atoms with Crippen LogP contribution in [0.4, 0.5) is 5.69 Å². The molecular formula is C22H18IN2+. The number of para-hydroxylation sites is 1. The third-order valence-corrected chi connectivity index (χ3v) is 7.49. The molecule has 2 heterocycles. The van der Waals surface area contributed by atoms with Gasteiger partial charge >= 0.3 is 0 Å². The molecule has 1 saturated carbocycles. The van der Waals surface area contributed by atoms with Crippen LogP contribution in [0, 0.1) is 0 Å². The van der Waals surface area contributed by atoms with Crippen LogP contribution in [0.1, 0.15) is 17.0 Å². The van der Waals surface area contributed by atoms with Gasteiger partial charge in [0, 0.05) is 5.92 Å². The van der Waals surface area contributed by atoms with Gasteiger partial charge in [0.15, 0.2) is 12.1 Å². The summed E-state index contributed by atoms with van der Waals surface area (Å²) in [7, 11) is 0. The second kappa shape index (κ2) is 5.07. The maximum Gasteiger partial charge on any atom is 0.286 e. The minimum atomic E-state index is 0.374. The van der Waals surface area contributed by atoms with E-state index in [0.29, 0.717) is 28.0 Å². The van der Waals surface area contributed by atoms with E-state index in [1.54, 1.807) is 0 Å². The second-order valence-electron chi connectivity index (χ2n) is 7.24. The van der Waals surface area contributed by atoms with Crippen molar-refractivity contribution in [1.82, 2.24) is 0 Å². The Labute approximate surface area is 161 Å². The first-order chi connectivity index (χ1) is 12.4. The van der Waals surface area contributed by atoms with Gasteiger partial charge in [-0.2, -0.15) is 0 Å². The first kappa shape index (κ1) is 14.3. The van der Waals surface area contributed by atoms with Gasteiger partial charge in [-0.15, -0.1) is 0 Å². The molecular weight excluding hydrogens is 419 g/mol. The Hall–Kier alpha value is -1.88. The van der Waals surface area contributed by atoms with Gasteiger partial charge in [-0.1, -0.05) is 71.1 Å². The fourth-order valence-electron chi connectivity index (χ4n) is 4.91. The summed E-state index contributed by atoms with van der Waals surface area (Å²) in [5.74, 6) is 2.07. The van der Waals surface area contributed by atoms with Crippen molar-refractivity contribution in [3.05, 3.63) is 90.0 Å². The molecule has 0 saturated heterocycles. The Morgan fingerprint density at radius 2 is 1.64 bits per heavy atom. The summed E-state index contributed by atoms with van der Waals surface area (Å²) in [6.45, 7) is 0. The van der Waals surface area contributed by atoms with E-state index < -0.39 is 0 Å². The van der Waals surface area contributed by atoms with Gasteiger partial charge in [0.1, 0.15) is 11.7 Å². The molecule has 2 aliphatic heterocycles. The summed E-state index contributed by atoms with van der Waals surface area (Å²) in [6, 6.07) is 21.3. The number of hydrogen-bond acceptors (Lipinski definition) is 1. The number of alkyl halides is 1. The number of rotatable bonds is 1. The van der Waals surface area contributed by atoms with E-state index in [0.717, 1.165) is 0 Å². The maximum atomic E-state index is 2.71. The highest BCUT2D eigenvalue weighted by Gasteiger charge is 2.65. The number of anilines is 1. The van der Waals surface area contributed by atoms with E-state index in [4.69, 9.17) is 0 Å². The van der Waals surface area contributed by atoms with E-state index in [9.17, 15) is 0 Å². The van der Waals surface area contributed by atoms with E-state index >= 15 is 0 Å². The van der Waals surface area contributed by atoms with Gasteiger partial charge in [-0.25, -0.2) is 9.48 Å². The van der Waals surface area contributed by atoms with Crippen LogP contribution in [0.3, 0.4) is 0 Å². The molecule has 1 fully saturated rings. The molecule has 2 aromatic carbocycles. The Balaban J connectivity index is 1.64. The van der Waals surface area contributed by atoms with Crippen molar-refractivity contribution < 1.29 is 4.58 Å². The molecule has 3 unspecified atom stereocenters. The zero-order chi connectivity index (χ0) is 16.5. The van der Waals surface area contributed by atoms with Crippen molar-refractivity contribution in [2.45, 2.75) is 28.0 Å². The van der Waals surface area contributed by atoms with Gasteiger partial charge in [0.2, 0.25) is 0 Å². The molecule has 2 aromatic rings. The van der Waals surface area contributed by atoms with E-state index in [-0.39, 0.29) is 0 Å². The molecule has 0 bridgehead atoms. The molecule has 0 aromatic heterocycles. The van der Waals surface area contributed by atoms with Gasteiger partial charge in [-0.3, -0.25) is 0 Å². The lowest BCUT2D eigenvalue weighted by atomic mass is 9.99. The highest BCUT2D eigenvalue weighted by atomic mass is 127. The largest absolute Gasteiger partial charge is 0.286 e. The van der Waals surface area contributed by atoms with Gasteiger partial charge in [0.25, 0.3) is 5.84 Å². The quantitative estimate of drug-likeness (QED) is 0.370. The van der Waals surface area contributed by atoms with Crippen molar-refractivity contribution in [2.75, 3.05) is 4.90 Å². The number of amidine groups is 1. The van der Waals surface area contributed by atoms with Gasteiger partial charge in [0.05, 0.1) is 9.49 Å². The smallest absolute Gasteiger partial charge is 0.246 e. The standard InChI is InChI=1S/C22H18IN2/c23-20-19-15-10-4-5-11-16(15)22-24(14-8-2-1-3-9-14)17-12-6-7-13-18(17)25(22)21(19)20/h1-13,17-21H/q+1/t17?,18?,19?,20-,21-/m0/s1. The number of benzene rings is 2. The molecule has 3 heteroatoms. The SMILES string of the molecule is I[C@H]1C2c3ccccc3C3=[N+](C4C=CC=CC4N3c3ccccc3)[C@@H]21.